The second-order valence-electron chi connectivity index (χ2n) is 6.45. The van der Waals surface area contributed by atoms with Gasteiger partial charge in [-0.1, -0.05) is 28.9 Å². The Bertz CT molecular complexity index is 767. The van der Waals surface area contributed by atoms with E-state index in [4.69, 9.17) is 16.1 Å². The van der Waals surface area contributed by atoms with E-state index in [9.17, 15) is 0 Å². The fourth-order valence-corrected chi connectivity index (χ4v) is 4.06. The van der Waals surface area contributed by atoms with Crippen LogP contribution in [0.4, 0.5) is 0 Å². The monoisotopic (exact) mass is 507 g/mol. The zero-order valence-electron chi connectivity index (χ0n) is 15.0. The molecule has 2 heterocycles. The van der Waals surface area contributed by atoms with E-state index >= 15 is 0 Å². The lowest BCUT2D eigenvalue weighted by atomic mass is 10.2. The molecule has 9 heteroatoms. The van der Waals surface area contributed by atoms with Gasteiger partial charge in [-0.2, -0.15) is 16.7 Å². The molecule has 1 fully saturated rings. The van der Waals surface area contributed by atoms with Crippen LogP contribution in [0.2, 0.25) is 5.02 Å². The van der Waals surface area contributed by atoms with Crippen LogP contribution in [-0.2, 0) is 6.54 Å². The van der Waals surface area contributed by atoms with Crippen molar-refractivity contribution < 1.29 is 4.52 Å². The van der Waals surface area contributed by atoms with Gasteiger partial charge in [-0.25, -0.2) is 0 Å². The number of guanidine groups is 1. The van der Waals surface area contributed by atoms with Gasteiger partial charge in [-0.3, -0.25) is 4.99 Å². The van der Waals surface area contributed by atoms with Gasteiger partial charge in [0, 0.05) is 41.2 Å². The van der Waals surface area contributed by atoms with Crippen molar-refractivity contribution in [2.24, 2.45) is 4.99 Å². The Kier molecular flexibility index (Phi) is 7.60. The molecule has 0 aliphatic carbocycles. The van der Waals surface area contributed by atoms with Crippen molar-refractivity contribution in [3.05, 3.63) is 35.2 Å². The van der Waals surface area contributed by atoms with Crippen LogP contribution in [0, 0.1) is 0 Å². The maximum Gasteiger partial charge on any atom is 0.246 e. The van der Waals surface area contributed by atoms with Crippen molar-refractivity contribution in [1.82, 2.24) is 20.4 Å². The number of hydrogen-bond donors (Lipinski definition) is 1. The average molecular weight is 508 g/mol. The summed E-state index contributed by atoms with van der Waals surface area (Å²) in [6.45, 7) is 6.88. The van der Waals surface area contributed by atoms with Crippen molar-refractivity contribution in [3.63, 3.8) is 0 Å². The van der Waals surface area contributed by atoms with Crippen molar-refractivity contribution in [3.8, 4) is 11.4 Å². The summed E-state index contributed by atoms with van der Waals surface area (Å²) in [7, 11) is 1.79. The number of nitrogens with one attached hydrogen (secondary N) is 1. The molecule has 0 bridgehead atoms. The summed E-state index contributed by atoms with van der Waals surface area (Å²) in [6.07, 6.45) is 0. The van der Waals surface area contributed by atoms with Crippen LogP contribution in [-0.4, -0.2) is 51.6 Å². The molecule has 1 saturated heterocycles. The van der Waals surface area contributed by atoms with Crippen molar-refractivity contribution in [2.75, 3.05) is 25.9 Å². The molecular weight excluding hydrogens is 485 g/mol. The molecule has 26 heavy (non-hydrogen) atoms. The minimum Gasteiger partial charge on any atom is -0.347 e. The molecule has 0 radical (unpaired) electrons. The molecule has 1 N–H and O–H groups in total. The lowest BCUT2D eigenvalue weighted by molar-refractivity contribution is 0.357. The highest BCUT2D eigenvalue weighted by molar-refractivity contribution is 14.0. The summed E-state index contributed by atoms with van der Waals surface area (Å²) in [5.41, 5.74) is 0.835. The van der Waals surface area contributed by atoms with Crippen LogP contribution in [0.15, 0.2) is 33.8 Å². The van der Waals surface area contributed by atoms with Crippen LogP contribution in [0.3, 0.4) is 0 Å². The molecule has 0 atom stereocenters. The molecule has 1 aliphatic heterocycles. The maximum atomic E-state index is 6.01. The largest absolute Gasteiger partial charge is 0.347 e. The number of aromatic nitrogens is 2. The van der Waals surface area contributed by atoms with Crippen molar-refractivity contribution in [1.29, 1.82) is 0 Å². The quantitative estimate of drug-likeness (QED) is 0.386. The van der Waals surface area contributed by atoms with Gasteiger partial charge in [0.1, 0.15) is 0 Å². The number of benzene rings is 1. The Morgan fingerprint density at radius 1 is 1.46 bits per heavy atom. The number of halogens is 2. The third-order valence-corrected chi connectivity index (χ3v) is 5.42. The highest BCUT2D eigenvalue weighted by atomic mass is 127. The normalized spacial score (nSPS) is 16.9. The summed E-state index contributed by atoms with van der Waals surface area (Å²) in [6, 6.07) is 7.40. The van der Waals surface area contributed by atoms with Gasteiger partial charge in [0.05, 0.1) is 6.54 Å². The fourth-order valence-electron chi connectivity index (χ4n) is 2.76. The first-order chi connectivity index (χ1) is 12.0. The Morgan fingerprint density at radius 3 is 2.96 bits per heavy atom. The third-order valence-electron chi connectivity index (χ3n) is 3.89. The smallest absolute Gasteiger partial charge is 0.246 e. The summed E-state index contributed by atoms with van der Waals surface area (Å²) in [4.78, 5) is 11.1. The predicted molar refractivity (Wildman–Crippen MR) is 118 cm³/mol. The SMILES string of the molecule is CN=C(NCc1nc(-c2cccc(Cl)c2)no1)N1CCSC(C)(C)C1.I. The Balaban J connectivity index is 0.00000243. The molecule has 0 unspecified atom stereocenters. The molecule has 0 amide bonds. The second kappa shape index (κ2) is 9.27. The van der Waals surface area contributed by atoms with Crippen LogP contribution >= 0.6 is 47.3 Å². The molecular formula is C17H23ClIN5OS. The van der Waals surface area contributed by atoms with E-state index in [1.54, 1.807) is 7.05 Å². The lowest BCUT2D eigenvalue weighted by Gasteiger charge is -2.39. The zero-order valence-corrected chi connectivity index (χ0v) is 18.9. The average Bonchev–Trinajstić information content (AvgIpc) is 3.04. The predicted octanol–water partition coefficient (Wildman–Crippen LogP) is 3.91. The minimum absolute atomic E-state index is 0. The van der Waals surface area contributed by atoms with E-state index < -0.39 is 0 Å². The minimum atomic E-state index is 0. The first-order valence-electron chi connectivity index (χ1n) is 8.15. The third kappa shape index (κ3) is 5.50. The first kappa shape index (κ1) is 21.3. The molecule has 0 spiro atoms. The number of thioether (sulfide) groups is 1. The number of nitrogens with zero attached hydrogens (tertiary/aromatic N) is 4. The van der Waals surface area contributed by atoms with Crippen molar-refractivity contribution >= 4 is 53.3 Å². The summed E-state index contributed by atoms with van der Waals surface area (Å²) >= 11 is 8.00. The van der Waals surface area contributed by atoms with Crippen LogP contribution in [0.5, 0.6) is 0 Å². The van der Waals surface area contributed by atoms with Crippen LogP contribution < -0.4 is 5.32 Å². The van der Waals surface area contributed by atoms with Gasteiger partial charge in [0.25, 0.3) is 0 Å². The Morgan fingerprint density at radius 2 is 2.27 bits per heavy atom. The van der Waals surface area contributed by atoms with Gasteiger partial charge >= 0.3 is 0 Å². The van der Waals surface area contributed by atoms with E-state index in [0.29, 0.717) is 23.3 Å². The van der Waals surface area contributed by atoms with Gasteiger partial charge in [0.2, 0.25) is 11.7 Å². The summed E-state index contributed by atoms with van der Waals surface area (Å²) in [5.74, 6) is 3.00. The van der Waals surface area contributed by atoms with Gasteiger partial charge in [0.15, 0.2) is 5.96 Å². The van der Waals surface area contributed by atoms with E-state index in [2.05, 4.69) is 39.2 Å². The molecule has 3 rings (SSSR count). The molecule has 1 aliphatic rings. The van der Waals surface area contributed by atoms with E-state index in [-0.39, 0.29) is 28.7 Å². The van der Waals surface area contributed by atoms with E-state index in [0.717, 1.165) is 30.4 Å². The second-order valence-corrected chi connectivity index (χ2v) is 8.69. The van der Waals surface area contributed by atoms with Gasteiger partial charge in [-0.05, 0) is 26.0 Å². The summed E-state index contributed by atoms with van der Waals surface area (Å²) < 4.78 is 5.56. The van der Waals surface area contributed by atoms with Crippen LogP contribution in [0.1, 0.15) is 19.7 Å². The van der Waals surface area contributed by atoms with E-state index in [1.807, 2.05) is 36.0 Å². The van der Waals surface area contributed by atoms with Gasteiger partial charge in [-0.15, -0.1) is 24.0 Å². The molecule has 142 valence electrons. The summed E-state index contributed by atoms with van der Waals surface area (Å²) in [5, 5.41) is 7.99. The molecule has 0 saturated carbocycles. The molecule has 6 nitrogen and oxygen atoms in total. The maximum absolute atomic E-state index is 6.01. The van der Waals surface area contributed by atoms with Crippen LogP contribution in [0.25, 0.3) is 11.4 Å². The van der Waals surface area contributed by atoms with Gasteiger partial charge < -0.3 is 14.7 Å². The molecule has 1 aromatic heterocycles. The topological polar surface area (TPSA) is 66.5 Å². The number of aliphatic imine (C=N–C) groups is 1. The fraction of sp³-hybridized carbons (Fsp3) is 0.471. The van der Waals surface area contributed by atoms with E-state index in [1.165, 1.54) is 0 Å². The Hall–Kier alpha value is -1.000. The number of rotatable bonds is 3. The highest BCUT2D eigenvalue weighted by Crippen LogP contribution is 2.29. The molecule has 1 aromatic carbocycles. The zero-order chi connectivity index (χ0) is 17.9. The molecule has 2 aromatic rings. The Labute approximate surface area is 180 Å². The van der Waals surface area contributed by atoms with Crippen molar-refractivity contribution in [2.45, 2.75) is 25.1 Å². The lowest BCUT2D eigenvalue weighted by Crippen LogP contribution is -2.50. The first-order valence-corrected chi connectivity index (χ1v) is 9.51. The highest BCUT2D eigenvalue weighted by Gasteiger charge is 2.28. The number of hydrogen-bond acceptors (Lipinski definition) is 5. The standard InChI is InChI=1S/C17H22ClN5OS.HI/c1-17(2)11-23(7-8-25-17)16(19-3)20-10-14-21-15(22-24-14)12-5-4-6-13(18)9-12;/h4-6,9H,7-8,10-11H2,1-3H3,(H,19,20);1H.